The summed E-state index contributed by atoms with van der Waals surface area (Å²) in [5, 5.41) is 20.3. The molecule has 7 heteroatoms. The molecule has 1 unspecified atom stereocenters. The van der Waals surface area contributed by atoms with Crippen LogP contribution in [0.3, 0.4) is 0 Å². The summed E-state index contributed by atoms with van der Waals surface area (Å²) in [4.78, 5) is 15.8. The lowest BCUT2D eigenvalue weighted by Crippen LogP contribution is -2.32. The lowest BCUT2D eigenvalue weighted by atomic mass is 10.3. The fraction of sp³-hybridized carbons (Fsp3) is 0.500. The first kappa shape index (κ1) is 13.3. The van der Waals surface area contributed by atoms with Gasteiger partial charge in [-0.15, -0.1) is 0 Å². The van der Waals surface area contributed by atoms with E-state index in [1.807, 2.05) is 0 Å². The number of nitro groups is 1. The van der Waals surface area contributed by atoms with Crippen LogP contribution in [-0.2, 0) is 4.74 Å². The third-order valence-electron chi connectivity index (χ3n) is 2.17. The summed E-state index contributed by atoms with van der Waals surface area (Å²) in [7, 11) is 3.11. The molecule has 0 aromatic carbocycles. The summed E-state index contributed by atoms with van der Waals surface area (Å²) >= 11 is 0. The van der Waals surface area contributed by atoms with Gasteiger partial charge in [-0.05, 0) is 6.07 Å². The van der Waals surface area contributed by atoms with Crippen molar-refractivity contribution in [1.29, 1.82) is 0 Å². The second-order valence-electron chi connectivity index (χ2n) is 3.59. The van der Waals surface area contributed by atoms with E-state index in [9.17, 15) is 15.2 Å². The molecule has 0 radical (unpaired) electrons. The average Bonchev–Trinajstić information content (AvgIpc) is 2.29. The van der Waals surface area contributed by atoms with Crippen LogP contribution in [-0.4, -0.2) is 48.4 Å². The summed E-state index contributed by atoms with van der Waals surface area (Å²) in [5.74, 6) is 0.229. The molecule has 1 aromatic heterocycles. The molecule has 1 rings (SSSR count). The minimum Gasteiger partial charge on any atom is -0.389 e. The average molecular weight is 241 g/mol. The maximum atomic E-state index is 10.8. The maximum absolute atomic E-state index is 10.8. The van der Waals surface area contributed by atoms with Crippen molar-refractivity contribution in [2.45, 2.75) is 6.10 Å². The molecule has 0 aliphatic rings. The minimum absolute atomic E-state index is 0.0837. The Morgan fingerprint density at radius 2 is 2.41 bits per heavy atom. The molecule has 0 spiro atoms. The van der Waals surface area contributed by atoms with E-state index >= 15 is 0 Å². The van der Waals surface area contributed by atoms with Crippen LogP contribution < -0.4 is 4.90 Å². The van der Waals surface area contributed by atoms with E-state index in [1.165, 1.54) is 30.3 Å². The van der Waals surface area contributed by atoms with Crippen molar-refractivity contribution >= 4 is 11.5 Å². The quantitative estimate of drug-likeness (QED) is 0.574. The highest BCUT2D eigenvalue weighted by Gasteiger charge is 2.19. The summed E-state index contributed by atoms with van der Waals surface area (Å²) in [6.45, 7) is 0.386. The number of likely N-dealkylation sites (N-methyl/N-ethyl adjacent to an activating group) is 1. The van der Waals surface area contributed by atoms with Crippen LogP contribution in [0.15, 0.2) is 18.3 Å². The van der Waals surface area contributed by atoms with Crippen LogP contribution in [0.2, 0.25) is 0 Å². The van der Waals surface area contributed by atoms with Crippen molar-refractivity contribution in [3.63, 3.8) is 0 Å². The molecule has 0 saturated carbocycles. The highest BCUT2D eigenvalue weighted by atomic mass is 16.6. The Morgan fingerprint density at radius 3 is 3.00 bits per heavy atom. The number of aromatic nitrogens is 1. The fourth-order valence-electron chi connectivity index (χ4n) is 1.47. The second kappa shape index (κ2) is 6.12. The molecule has 94 valence electrons. The van der Waals surface area contributed by atoms with Gasteiger partial charge in [-0.1, -0.05) is 0 Å². The van der Waals surface area contributed by atoms with E-state index in [1.54, 1.807) is 7.05 Å². The van der Waals surface area contributed by atoms with E-state index in [0.717, 1.165) is 0 Å². The Hall–Kier alpha value is -1.73. The number of ether oxygens (including phenoxy) is 1. The molecule has 1 heterocycles. The molecule has 0 aliphatic heterocycles. The largest absolute Gasteiger partial charge is 0.389 e. The molecule has 0 bridgehead atoms. The predicted molar refractivity (Wildman–Crippen MR) is 62.0 cm³/mol. The van der Waals surface area contributed by atoms with Crippen molar-refractivity contribution in [1.82, 2.24) is 4.98 Å². The van der Waals surface area contributed by atoms with E-state index < -0.39 is 11.0 Å². The highest BCUT2D eigenvalue weighted by Crippen LogP contribution is 2.23. The molecule has 0 aliphatic carbocycles. The zero-order valence-electron chi connectivity index (χ0n) is 9.74. The first-order valence-corrected chi connectivity index (χ1v) is 5.03. The summed E-state index contributed by atoms with van der Waals surface area (Å²) in [6, 6.07) is 2.88. The van der Waals surface area contributed by atoms with Crippen molar-refractivity contribution in [2.24, 2.45) is 0 Å². The van der Waals surface area contributed by atoms with Crippen LogP contribution in [0, 0.1) is 10.1 Å². The molecule has 1 N–H and O–H groups in total. The van der Waals surface area contributed by atoms with Crippen LogP contribution >= 0.6 is 0 Å². The molecule has 7 nitrogen and oxygen atoms in total. The summed E-state index contributed by atoms with van der Waals surface area (Å²) in [6.07, 6.45) is 0.758. The Morgan fingerprint density at radius 1 is 1.71 bits per heavy atom. The van der Waals surface area contributed by atoms with Gasteiger partial charge in [0.05, 0.1) is 17.6 Å². The van der Waals surface area contributed by atoms with Crippen molar-refractivity contribution < 1.29 is 14.8 Å². The monoisotopic (exact) mass is 241 g/mol. The Balaban J connectivity index is 2.81. The number of aliphatic hydroxyl groups is 1. The van der Waals surface area contributed by atoms with Crippen molar-refractivity contribution in [3.05, 3.63) is 28.4 Å². The number of hydrogen-bond acceptors (Lipinski definition) is 6. The van der Waals surface area contributed by atoms with Gasteiger partial charge < -0.3 is 14.7 Å². The van der Waals surface area contributed by atoms with Gasteiger partial charge in [0.15, 0.2) is 0 Å². The molecular weight excluding hydrogens is 226 g/mol. The van der Waals surface area contributed by atoms with Gasteiger partial charge in [-0.3, -0.25) is 10.1 Å². The zero-order valence-corrected chi connectivity index (χ0v) is 9.74. The van der Waals surface area contributed by atoms with Gasteiger partial charge in [0.1, 0.15) is 0 Å². The van der Waals surface area contributed by atoms with Gasteiger partial charge in [0.2, 0.25) is 5.82 Å². The molecule has 1 atom stereocenters. The van der Waals surface area contributed by atoms with E-state index in [2.05, 4.69) is 4.98 Å². The van der Waals surface area contributed by atoms with Gasteiger partial charge >= 0.3 is 5.69 Å². The number of nitrogens with zero attached hydrogens (tertiary/aromatic N) is 3. The first-order chi connectivity index (χ1) is 8.06. The lowest BCUT2D eigenvalue weighted by Gasteiger charge is -2.20. The van der Waals surface area contributed by atoms with E-state index in [0.29, 0.717) is 0 Å². The van der Waals surface area contributed by atoms with Crippen LogP contribution in [0.5, 0.6) is 0 Å². The van der Waals surface area contributed by atoms with Crippen molar-refractivity contribution in [2.75, 3.05) is 32.2 Å². The summed E-state index contributed by atoms with van der Waals surface area (Å²) in [5.41, 5.74) is -0.0837. The predicted octanol–water partition coefficient (Wildman–Crippen LogP) is 0.433. The highest BCUT2D eigenvalue weighted by molar-refractivity contribution is 5.56. The van der Waals surface area contributed by atoms with Gasteiger partial charge in [-0.2, -0.15) is 0 Å². The standard InChI is InChI=1S/C10H15N3O4/c1-12(6-8(14)7-17-2)10-9(13(15)16)4-3-5-11-10/h3-5,8,14H,6-7H2,1-2H3. The van der Waals surface area contributed by atoms with Gasteiger partial charge in [0, 0.05) is 33.0 Å². The zero-order chi connectivity index (χ0) is 12.8. The Bertz CT molecular complexity index is 386. The number of aliphatic hydroxyl groups excluding tert-OH is 1. The van der Waals surface area contributed by atoms with Crippen LogP contribution in [0.4, 0.5) is 11.5 Å². The third-order valence-corrected chi connectivity index (χ3v) is 2.17. The lowest BCUT2D eigenvalue weighted by molar-refractivity contribution is -0.384. The molecule has 1 aromatic rings. The number of pyridine rings is 1. The van der Waals surface area contributed by atoms with Gasteiger partial charge in [0.25, 0.3) is 0 Å². The SMILES string of the molecule is COCC(O)CN(C)c1ncccc1[N+](=O)[O-]. The molecule has 0 amide bonds. The smallest absolute Gasteiger partial charge is 0.311 e. The van der Waals surface area contributed by atoms with Crippen molar-refractivity contribution in [3.8, 4) is 0 Å². The Labute approximate surface area is 98.8 Å². The minimum atomic E-state index is -0.716. The van der Waals surface area contributed by atoms with E-state index in [-0.39, 0.29) is 24.7 Å². The molecular formula is C10H15N3O4. The number of hydrogen-bond donors (Lipinski definition) is 1. The third kappa shape index (κ3) is 3.65. The molecule has 0 fully saturated rings. The first-order valence-electron chi connectivity index (χ1n) is 5.03. The van der Waals surface area contributed by atoms with Crippen LogP contribution in [0.1, 0.15) is 0 Å². The summed E-state index contributed by atoms with van der Waals surface area (Å²) < 4.78 is 4.79. The topological polar surface area (TPSA) is 88.7 Å². The second-order valence-corrected chi connectivity index (χ2v) is 3.59. The molecule has 17 heavy (non-hydrogen) atoms. The maximum Gasteiger partial charge on any atom is 0.311 e. The van der Waals surface area contributed by atoms with Gasteiger partial charge in [-0.25, -0.2) is 4.98 Å². The van der Waals surface area contributed by atoms with E-state index in [4.69, 9.17) is 4.74 Å². The number of anilines is 1. The number of methoxy groups -OCH3 is 1. The van der Waals surface area contributed by atoms with Crippen LogP contribution in [0.25, 0.3) is 0 Å². The number of rotatable bonds is 6. The fourth-order valence-corrected chi connectivity index (χ4v) is 1.47. The molecule has 0 saturated heterocycles. The normalized spacial score (nSPS) is 12.2. The Kier molecular flexibility index (Phi) is 4.80.